The van der Waals surface area contributed by atoms with Gasteiger partial charge in [0.2, 0.25) is 6.19 Å². The standard InChI is InChI=1S/C9H11ClN4S/c1-7(15(12-2)14-6-11)8-3-4-9(10)13-5-8/h3-5,7H,1-2H3,(H,12,14). The van der Waals surface area contributed by atoms with Crippen molar-refractivity contribution in [2.24, 2.45) is 4.36 Å². The molecule has 0 aromatic carbocycles. The highest BCUT2D eigenvalue weighted by Gasteiger charge is 2.10. The maximum Gasteiger partial charge on any atom is 0.213 e. The summed E-state index contributed by atoms with van der Waals surface area (Å²) in [6.45, 7) is 1.99. The van der Waals surface area contributed by atoms with E-state index < -0.39 is 10.9 Å². The maximum absolute atomic E-state index is 8.52. The lowest BCUT2D eigenvalue weighted by atomic mass is 10.2. The minimum atomic E-state index is -0.503. The predicted octanol–water partition coefficient (Wildman–Crippen LogP) is 2.21. The Kier molecular flexibility index (Phi) is 4.69. The SMILES string of the molecule is CNS(=NC#N)C(C)c1ccc(Cl)nc1. The molecule has 1 heterocycles. The van der Waals surface area contributed by atoms with Crippen molar-refractivity contribution in [3.8, 4) is 6.19 Å². The number of aromatic nitrogens is 1. The van der Waals surface area contributed by atoms with Crippen molar-refractivity contribution in [3.63, 3.8) is 0 Å². The summed E-state index contributed by atoms with van der Waals surface area (Å²) in [5.41, 5.74) is 1.01. The molecule has 6 heteroatoms. The Hall–Kier alpha value is -0.960. The number of nitriles is 1. The van der Waals surface area contributed by atoms with Crippen molar-refractivity contribution < 1.29 is 0 Å². The van der Waals surface area contributed by atoms with E-state index >= 15 is 0 Å². The zero-order valence-electron chi connectivity index (χ0n) is 8.44. The van der Waals surface area contributed by atoms with E-state index in [4.69, 9.17) is 16.9 Å². The molecule has 0 spiro atoms. The van der Waals surface area contributed by atoms with Gasteiger partial charge in [-0.15, -0.1) is 4.36 Å². The van der Waals surface area contributed by atoms with E-state index in [0.29, 0.717) is 5.15 Å². The van der Waals surface area contributed by atoms with Crippen molar-refractivity contribution in [1.82, 2.24) is 9.71 Å². The fourth-order valence-corrected chi connectivity index (χ4v) is 2.30. The Morgan fingerprint density at radius 1 is 1.67 bits per heavy atom. The summed E-state index contributed by atoms with van der Waals surface area (Å²) < 4.78 is 6.80. The van der Waals surface area contributed by atoms with Crippen molar-refractivity contribution in [2.75, 3.05) is 7.05 Å². The summed E-state index contributed by atoms with van der Waals surface area (Å²) in [6.07, 6.45) is 3.51. The molecule has 0 bridgehead atoms. The van der Waals surface area contributed by atoms with Crippen molar-refractivity contribution >= 4 is 22.5 Å². The van der Waals surface area contributed by atoms with Crippen LogP contribution in [-0.2, 0) is 10.9 Å². The molecule has 80 valence electrons. The summed E-state index contributed by atoms with van der Waals surface area (Å²) in [6, 6.07) is 3.63. The lowest BCUT2D eigenvalue weighted by Gasteiger charge is -2.13. The first-order valence-corrected chi connectivity index (χ1v) is 5.93. The van der Waals surface area contributed by atoms with Crippen LogP contribution in [0, 0.1) is 11.5 Å². The fraction of sp³-hybridized carbons (Fsp3) is 0.333. The Labute approximate surface area is 96.5 Å². The predicted molar refractivity (Wildman–Crippen MR) is 62.1 cm³/mol. The highest BCUT2D eigenvalue weighted by molar-refractivity contribution is 7.85. The summed E-state index contributed by atoms with van der Waals surface area (Å²) in [5.74, 6) is 0. The highest BCUT2D eigenvalue weighted by Crippen LogP contribution is 2.19. The first-order chi connectivity index (χ1) is 7.19. The Balaban J connectivity index is 2.94. The van der Waals surface area contributed by atoms with Crippen LogP contribution in [0.25, 0.3) is 0 Å². The second kappa shape index (κ2) is 5.81. The van der Waals surface area contributed by atoms with Crippen LogP contribution in [0.2, 0.25) is 5.15 Å². The highest BCUT2D eigenvalue weighted by atomic mass is 35.5. The molecule has 2 atom stereocenters. The quantitative estimate of drug-likeness (QED) is 0.653. The zero-order valence-corrected chi connectivity index (χ0v) is 10.0. The molecule has 0 aliphatic heterocycles. The minimum absolute atomic E-state index is 0.111. The van der Waals surface area contributed by atoms with E-state index in [1.165, 1.54) is 0 Å². The van der Waals surface area contributed by atoms with Crippen LogP contribution in [0.1, 0.15) is 17.7 Å². The van der Waals surface area contributed by atoms with Gasteiger partial charge in [0, 0.05) is 6.20 Å². The second-order valence-corrected chi connectivity index (χ2v) is 5.08. The number of pyridine rings is 1. The van der Waals surface area contributed by atoms with Gasteiger partial charge in [0.1, 0.15) is 5.15 Å². The molecule has 0 aliphatic carbocycles. The zero-order chi connectivity index (χ0) is 11.3. The van der Waals surface area contributed by atoms with Gasteiger partial charge in [-0.2, -0.15) is 5.26 Å². The number of hydrogen-bond donors (Lipinski definition) is 1. The molecule has 1 aromatic rings. The van der Waals surface area contributed by atoms with Crippen LogP contribution in [0.5, 0.6) is 0 Å². The lowest BCUT2D eigenvalue weighted by molar-refractivity contribution is 1.04. The van der Waals surface area contributed by atoms with Crippen molar-refractivity contribution in [1.29, 1.82) is 5.26 Å². The molecule has 15 heavy (non-hydrogen) atoms. The molecule has 0 amide bonds. The maximum atomic E-state index is 8.52. The monoisotopic (exact) mass is 242 g/mol. The molecular weight excluding hydrogens is 232 g/mol. The van der Waals surface area contributed by atoms with Crippen molar-refractivity contribution in [3.05, 3.63) is 29.0 Å². The topological polar surface area (TPSA) is 61.1 Å². The van der Waals surface area contributed by atoms with Crippen LogP contribution < -0.4 is 4.72 Å². The van der Waals surface area contributed by atoms with E-state index in [0.717, 1.165) is 5.56 Å². The molecule has 4 nitrogen and oxygen atoms in total. The van der Waals surface area contributed by atoms with Gasteiger partial charge in [0.15, 0.2) is 0 Å². The third-order valence-electron chi connectivity index (χ3n) is 1.90. The molecule has 0 fully saturated rings. The van der Waals surface area contributed by atoms with E-state index in [-0.39, 0.29) is 5.25 Å². The summed E-state index contributed by atoms with van der Waals surface area (Å²) in [7, 11) is 1.28. The van der Waals surface area contributed by atoms with Gasteiger partial charge in [-0.1, -0.05) is 17.7 Å². The molecule has 2 unspecified atom stereocenters. The van der Waals surface area contributed by atoms with Crippen molar-refractivity contribution in [2.45, 2.75) is 12.2 Å². The first-order valence-electron chi connectivity index (χ1n) is 4.31. The molecule has 0 saturated carbocycles. The average Bonchev–Trinajstić information content (AvgIpc) is 2.26. The number of rotatable bonds is 3. The fourth-order valence-electron chi connectivity index (χ4n) is 1.10. The molecule has 1 aromatic heterocycles. The van der Waals surface area contributed by atoms with Crippen LogP contribution >= 0.6 is 11.6 Å². The summed E-state index contributed by atoms with van der Waals surface area (Å²) >= 11 is 5.69. The van der Waals surface area contributed by atoms with Gasteiger partial charge in [0.05, 0.1) is 5.25 Å². The number of nitrogens with zero attached hydrogens (tertiary/aromatic N) is 3. The molecule has 0 saturated heterocycles. The van der Waals surface area contributed by atoms with E-state index in [2.05, 4.69) is 14.1 Å². The van der Waals surface area contributed by atoms with Gasteiger partial charge < -0.3 is 0 Å². The van der Waals surface area contributed by atoms with E-state index in [1.54, 1.807) is 19.3 Å². The normalized spacial score (nSPS) is 14.5. The van der Waals surface area contributed by atoms with E-state index in [9.17, 15) is 0 Å². The Morgan fingerprint density at radius 3 is 2.87 bits per heavy atom. The van der Waals surface area contributed by atoms with Crippen LogP contribution in [0.15, 0.2) is 22.7 Å². The summed E-state index contributed by atoms with van der Waals surface area (Å²) in [5, 5.41) is 9.10. The Morgan fingerprint density at radius 2 is 2.40 bits per heavy atom. The van der Waals surface area contributed by atoms with Crippen LogP contribution in [-0.4, -0.2) is 12.0 Å². The van der Waals surface area contributed by atoms with E-state index in [1.807, 2.05) is 19.2 Å². The second-order valence-electron chi connectivity index (χ2n) is 2.77. The smallest absolute Gasteiger partial charge is 0.213 e. The molecule has 1 N–H and O–H groups in total. The first kappa shape index (κ1) is 12.1. The number of halogens is 1. The van der Waals surface area contributed by atoms with Gasteiger partial charge in [-0.25, -0.2) is 4.98 Å². The Bertz CT molecular complexity index is 396. The number of hydrogen-bond acceptors (Lipinski definition) is 3. The van der Waals surface area contributed by atoms with Crippen LogP contribution in [0.3, 0.4) is 0 Å². The molecule has 0 aliphatic rings. The largest absolute Gasteiger partial charge is 0.257 e. The third-order valence-corrected chi connectivity index (χ3v) is 3.77. The summed E-state index contributed by atoms with van der Waals surface area (Å²) in [4.78, 5) is 3.99. The van der Waals surface area contributed by atoms with Gasteiger partial charge in [0.25, 0.3) is 0 Å². The molecule has 1 rings (SSSR count). The number of nitrogens with one attached hydrogen (secondary N) is 1. The molecule has 0 radical (unpaired) electrons. The minimum Gasteiger partial charge on any atom is -0.257 e. The average molecular weight is 243 g/mol. The van der Waals surface area contributed by atoms with Crippen LogP contribution in [0.4, 0.5) is 0 Å². The molecular formula is C9H11ClN4S. The van der Waals surface area contributed by atoms with Gasteiger partial charge in [-0.3, -0.25) is 4.72 Å². The van der Waals surface area contributed by atoms with Gasteiger partial charge in [-0.05, 0) is 36.5 Å². The van der Waals surface area contributed by atoms with Gasteiger partial charge >= 0.3 is 0 Å². The lowest BCUT2D eigenvalue weighted by Crippen LogP contribution is -2.16. The third kappa shape index (κ3) is 3.27.